The van der Waals surface area contributed by atoms with Crippen molar-refractivity contribution in [1.29, 1.82) is 0 Å². The maximum atomic E-state index is 12.0. The lowest BCUT2D eigenvalue weighted by molar-refractivity contribution is -0.149. The first-order valence-corrected chi connectivity index (χ1v) is 11.4. The van der Waals surface area contributed by atoms with Gasteiger partial charge in [0.1, 0.15) is 35.3 Å². The molecule has 186 valence electrons. The minimum atomic E-state index is -0.738. The molecular formula is C26H29NO8. The Morgan fingerprint density at radius 3 is 1.83 bits per heavy atom. The fraction of sp³-hybridized carbons (Fsp3) is 0.423. The summed E-state index contributed by atoms with van der Waals surface area (Å²) < 4.78 is 6.73. The zero-order chi connectivity index (χ0) is 25.8. The third kappa shape index (κ3) is 9.56. The molecule has 0 amide bonds. The van der Waals surface area contributed by atoms with Crippen LogP contribution in [0.25, 0.3) is 10.9 Å². The Morgan fingerprint density at radius 2 is 1.29 bits per heavy atom. The average Bonchev–Trinajstić information content (AvgIpc) is 3.20. The van der Waals surface area contributed by atoms with E-state index in [1.807, 2.05) is 0 Å². The molecule has 35 heavy (non-hydrogen) atoms. The van der Waals surface area contributed by atoms with E-state index in [0.29, 0.717) is 17.4 Å². The largest absolute Gasteiger partial charge is 0.444 e. The van der Waals surface area contributed by atoms with E-state index >= 15 is 0 Å². The predicted octanol–water partition coefficient (Wildman–Crippen LogP) is 3.33. The van der Waals surface area contributed by atoms with Gasteiger partial charge in [0.25, 0.3) is 0 Å². The van der Waals surface area contributed by atoms with Gasteiger partial charge in [-0.25, -0.2) is 0 Å². The average molecular weight is 484 g/mol. The molecule has 1 aromatic heterocycles. The Kier molecular flexibility index (Phi) is 10.9. The fourth-order valence-electron chi connectivity index (χ4n) is 3.44. The number of ether oxygens (including phenoxy) is 1. The van der Waals surface area contributed by atoms with Crippen molar-refractivity contribution in [2.24, 2.45) is 0 Å². The number of Topliss-reactive ketones (excluding diaryl/α,β-unsaturated/α-hetero) is 5. The van der Waals surface area contributed by atoms with E-state index in [9.17, 15) is 33.6 Å². The lowest BCUT2D eigenvalue weighted by Gasteiger charge is -2.07. The van der Waals surface area contributed by atoms with Crippen LogP contribution >= 0.6 is 0 Å². The highest BCUT2D eigenvalue weighted by atomic mass is 16.5. The summed E-state index contributed by atoms with van der Waals surface area (Å²) in [4.78, 5) is 81.5. The number of aldehydes is 1. The molecule has 0 radical (unpaired) electrons. The Labute approximate surface area is 202 Å². The van der Waals surface area contributed by atoms with E-state index in [2.05, 4.69) is 0 Å². The molecule has 2 rings (SSSR count). The molecule has 9 nitrogen and oxygen atoms in total. The summed E-state index contributed by atoms with van der Waals surface area (Å²) in [6.45, 7) is 1.24. The quantitative estimate of drug-likeness (QED) is 0.190. The van der Waals surface area contributed by atoms with Gasteiger partial charge in [-0.05, 0) is 13.0 Å². The molecule has 0 bridgehead atoms. The molecule has 0 aliphatic heterocycles. The molecule has 0 aliphatic rings. The van der Waals surface area contributed by atoms with Crippen LogP contribution in [0.3, 0.4) is 0 Å². The number of aromatic nitrogens is 1. The van der Waals surface area contributed by atoms with Gasteiger partial charge >= 0.3 is 5.97 Å². The molecule has 0 unspecified atom stereocenters. The summed E-state index contributed by atoms with van der Waals surface area (Å²) in [6, 6.07) is 7.15. The highest BCUT2D eigenvalue weighted by Crippen LogP contribution is 2.20. The topological polar surface area (TPSA) is 134 Å². The summed E-state index contributed by atoms with van der Waals surface area (Å²) in [5.41, 5.74) is 1.18. The lowest BCUT2D eigenvalue weighted by atomic mass is 10.0. The van der Waals surface area contributed by atoms with E-state index in [4.69, 9.17) is 4.74 Å². The van der Waals surface area contributed by atoms with E-state index < -0.39 is 18.2 Å². The van der Waals surface area contributed by atoms with Crippen molar-refractivity contribution in [3.05, 3.63) is 36.0 Å². The summed E-state index contributed by atoms with van der Waals surface area (Å²) in [5.74, 6) is -1.93. The summed E-state index contributed by atoms with van der Waals surface area (Å²) in [7, 11) is 0. The van der Waals surface area contributed by atoms with Crippen molar-refractivity contribution >= 4 is 52.1 Å². The minimum Gasteiger partial charge on any atom is -0.444 e. The van der Waals surface area contributed by atoms with Crippen LogP contribution in [-0.2, 0) is 40.2 Å². The van der Waals surface area contributed by atoms with Gasteiger partial charge in [-0.2, -0.15) is 0 Å². The van der Waals surface area contributed by atoms with Crippen molar-refractivity contribution < 1.29 is 38.3 Å². The zero-order valence-corrected chi connectivity index (χ0v) is 19.7. The second-order valence-corrected chi connectivity index (χ2v) is 8.37. The Balaban J connectivity index is 1.65. The van der Waals surface area contributed by atoms with Crippen molar-refractivity contribution in [3.8, 4) is 0 Å². The lowest BCUT2D eigenvalue weighted by Crippen LogP contribution is -2.14. The van der Waals surface area contributed by atoms with Gasteiger partial charge in [-0.3, -0.25) is 28.8 Å². The standard InChI is InChI=1S/C26H29NO8/c1-18(29)6-7-20(30)8-9-21(31)10-11-22(32)12-13-23(33)14-26(34)35-17-27-15-19(16-28)24-4-2-3-5-25(24)27/h2-5,15-16H,6-14,17H2,1H3. The van der Waals surface area contributed by atoms with Gasteiger partial charge in [0.05, 0.1) is 5.52 Å². The van der Waals surface area contributed by atoms with Crippen molar-refractivity contribution in [3.63, 3.8) is 0 Å². The van der Waals surface area contributed by atoms with Crippen LogP contribution in [0.5, 0.6) is 0 Å². The molecule has 0 spiro atoms. The number of esters is 1. The third-order valence-corrected chi connectivity index (χ3v) is 5.46. The van der Waals surface area contributed by atoms with Gasteiger partial charge in [-0.1, -0.05) is 18.2 Å². The normalized spacial score (nSPS) is 10.7. The zero-order valence-electron chi connectivity index (χ0n) is 19.7. The molecule has 0 aliphatic carbocycles. The second-order valence-electron chi connectivity index (χ2n) is 8.37. The van der Waals surface area contributed by atoms with E-state index in [1.165, 1.54) is 6.92 Å². The maximum Gasteiger partial charge on any atom is 0.315 e. The van der Waals surface area contributed by atoms with Crippen molar-refractivity contribution in [2.45, 2.75) is 71.4 Å². The van der Waals surface area contributed by atoms with Crippen LogP contribution < -0.4 is 0 Å². The van der Waals surface area contributed by atoms with Gasteiger partial charge in [0, 0.05) is 68.5 Å². The smallest absolute Gasteiger partial charge is 0.315 e. The Morgan fingerprint density at radius 1 is 0.771 bits per heavy atom. The number of nitrogens with zero attached hydrogens (tertiary/aromatic N) is 1. The van der Waals surface area contributed by atoms with Crippen LogP contribution in [0.4, 0.5) is 0 Å². The number of para-hydroxylation sites is 1. The molecule has 0 N–H and O–H groups in total. The number of hydrogen-bond acceptors (Lipinski definition) is 8. The van der Waals surface area contributed by atoms with Crippen LogP contribution in [0.2, 0.25) is 0 Å². The van der Waals surface area contributed by atoms with Crippen LogP contribution in [0, 0.1) is 0 Å². The molecule has 0 atom stereocenters. The van der Waals surface area contributed by atoms with E-state index in [0.717, 1.165) is 5.39 Å². The third-order valence-electron chi connectivity index (χ3n) is 5.46. The van der Waals surface area contributed by atoms with Gasteiger partial charge < -0.3 is 14.1 Å². The number of carbonyl (C=O) groups excluding carboxylic acids is 7. The van der Waals surface area contributed by atoms with Crippen LogP contribution in [-0.4, -0.2) is 45.7 Å². The van der Waals surface area contributed by atoms with Gasteiger partial charge in [0.15, 0.2) is 13.0 Å². The van der Waals surface area contributed by atoms with Crippen molar-refractivity contribution in [1.82, 2.24) is 4.57 Å². The number of carbonyl (C=O) groups is 7. The number of benzene rings is 1. The molecule has 1 heterocycles. The van der Waals surface area contributed by atoms with Crippen LogP contribution in [0.15, 0.2) is 30.5 Å². The molecule has 0 saturated heterocycles. The number of rotatable bonds is 17. The predicted molar refractivity (Wildman–Crippen MR) is 126 cm³/mol. The SMILES string of the molecule is CC(=O)CCC(=O)CCC(=O)CCC(=O)CCC(=O)CC(=O)OCn1cc(C=O)c2ccccc21. The first kappa shape index (κ1) is 27.5. The summed E-state index contributed by atoms with van der Waals surface area (Å²) in [6.07, 6.45) is 1.91. The number of hydrogen-bond donors (Lipinski definition) is 0. The second kappa shape index (κ2) is 13.8. The van der Waals surface area contributed by atoms with Crippen LogP contribution in [0.1, 0.15) is 75.1 Å². The highest BCUT2D eigenvalue weighted by molar-refractivity contribution is 5.98. The number of ketones is 5. The molecular weight excluding hydrogens is 454 g/mol. The molecule has 1 aromatic carbocycles. The maximum absolute atomic E-state index is 12.0. The van der Waals surface area contributed by atoms with E-state index in [-0.39, 0.29) is 81.2 Å². The molecule has 0 saturated carbocycles. The first-order valence-electron chi connectivity index (χ1n) is 11.4. The Bertz CT molecular complexity index is 1130. The number of fused-ring (bicyclic) bond motifs is 1. The molecule has 2 aromatic rings. The molecule has 0 fully saturated rings. The highest BCUT2D eigenvalue weighted by Gasteiger charge is 2.15. The monoisotopic (exact) mass is 483 g/mol. The fourth-order valence-corrected chi connectivity index (χ4v) is 3.44. The summed E-state index contributed by atoms with van der Waals surface area (Å²) >= 11 is 0. The molecule has 9 heteroatoms. The van der Waals surface area contributed by atoms with Crippen molar-refractivity contribution in [2.75, 3.05) is 0 Å². The minimum absolute atomic E-state index is 0.0113. The van der Waals surface area contributed by atoms with E-state index in [1.54, 1.807) is 35.0 Å². The Hall–Kier alpha value is -3.75. The first-order chi connectivity index (χ1) is 16.7. The van der Waals surface area contributed by atoms with Gasteiger partial charge in [0.2, 0.25) is 0 Å². The summed E-state index contributed by atoms with van der Waals surface area (Å²) in [5, 5.41) is 0.728. The van der Waals surface area contributed by atoms with Gasteiger partial charge in [-0.15, -0.1) is 0 Å².